The molecule has 0 spiro atoms. The first kappa shape index (κ1) is 12.7. The number of aromatic nitrogens is 1. The molecular weight excluding hydrogens is 242 g/mol. The minimum absolute atomic E-state index is 0.924. The summed E-state index contributed by atoms with van der Waals surface area (Å²) in [5.41, 5.74) is 6.57. The molecule has 0 radical (unpaired) electrons. The van der Waals surface area contributed by atoms with Gasteiger partial charge in [-0.1, -0.05) is 60.2 Å². The van der Waals surface area contributed by atoms with Crippen LogP contribution in [0.5, 0.6) is 0 Å². The molecule has 1 heteroatoms. The topological polar surface area (TPSA) is 4.93 Å². The molecular formula is C19H19N. The van der Waals surface area contributed by atoms with Gasteiger partial charge < -0.3 is 4.57 Å². The molecule has 0 aliphatic heterocycles. The lowest BCUT2D eigenvalue weighted by Gasteiger charge is -2.03. The van der Waals surface area contributed by atoms with Gasteiger partial charge in [-0.3, -0.25) is 0 Å². The molecule has 1 heterocycles. The Bertz CT molecular complexity index is 690. The van der Waals surface area contributed by atoms with Gasteiger partial charge in [-0.25, -0.2) is 0 Å². The molecule has 0 fully saturated rings. The third-order valence-electron chi connectivity index (χ3n) is 3.65. The summed E-state index contributed by atoms with van der Waals surface area (Å²) >= 11 is 0. The summed E-state index contributed by atoms with van der Waals surface area (Å²) in [5.74, 6) is 0. The summed E-state index contributed by atoms with van der Waals surface area (Å²) in [5, 5.41) is 0. The highest BCUT2D eigenvalue weighted by Crippen LogP contribution is 2.25. The van der Waals surface area contributed by atoms with Crippen molar-refractivity contribution in [1.29, 1.82) is 0 Å². The van der Waals surface area contributed by atoms with E-state index in [1.54, 1.807) is 0 Å². The second kappa shape index (κ2) is 5.38. The van der Waals surface area contributed by atoms with E-state index in [1.807, 2.05) is 0 Å². The van der Waals surface area contributed by atoms with Crippen LogP contribution in [0.2, 0.25) is 0 Å². The van der Waals surface area contributed by atoms with E-state index in [0.29, 0.717) is 0 Å². The Labute approximate surface area is 120 Å². The quantitative estimate of drug-likeness (QED) is 0.637. The van der Waals surface area contributed by atoms with Crippen molar-refractivity contribution in [2.24, 2.45) is 0 Å². The van der Waals surface area contributed by atoms with Gasteiger partial charge in [0.15, 0.2) is 0 Å². The second-order valence-electron chi connectivity index (χ2n) is 5.38. The summed E-state index contributed by atoms with van der Waals surface area (Å²) in [6, 6.07) is 19.3. The Morgan fingerprint density at radius 1 is 0.800 bits per heavy atom. The first-order chi connectivity index (χ1) is 9.72. The lowest BCUT2D eigenvalue weighted by Crippen LogP contribution is -1.95. The standard InChI is InChI=1S/C19H19N/c1-15-8-10-18(11-9-15)19-14-20(12-16(19)2)13-17-6-4-3-5-7-17/h3-12,14H,13H2,1-2H3. The summed E-state index contributed by atoms with van der Waals surface area (Å²) < 4.78 is 2.26. The van der Waals surface area contributed by atoms with E-state index in [0.717, 1.165) is 6.54 Å². The average Bonchev–Trinajstić information content (AvgIpc) is 2.81. The van der Waals surface area contributed by atoms with E-state index >= 15 is 0 Å². The van der Waals surface area contributed by atoms with Gasteiger partial charge >= 0.3 is 0 Å². The molecule has 0 saturated carbocycles. The summed E-state index contributed by atoms with van der Waals surface area (Å²) in [6.45, 7) is 5.22. The highest BCUT2D eigenvalue weighted by molar-refractivity contribution is 5.66. The van der Waals surface area contributed by atoms with Crippen molar-refractivity contribution in [3.05, 3.63) is 83.7 Å². The molecule has 0 bridgehead atoms. The summed E-state index contributed by atoms with van der Waals surface area (Å²) in [7, 11) is 0. The Balaban J connectivity index is 1.89. The van der Waals surface area contributed by atoms with Crippen LogP contribution >= 0.6 is 0 Å². The van der Waals surface area contributed by atoms with Gasteiger partial charge in [0.05, 0.1) is 0 Å². The van der Waals surface area contributed by atoms with E-state index in [2.05, 4.69) is 85.4 Å². The maximum absolute atomic E-state index is 2.26. The van der Waals surface area contributed by atoms with Crippen LogP contribution in [0.4, 0.5) is 0 Å². The Morgan fingerprint density at radius 2 is 1.50 bits per heavy atom. The van der Waals surface area contributed by atoms with E-state index in [1.165, 1.54) is 27.8 Å². The first-order valence-electron chi connectivity index (χ1n) is 7.00. The van der Waals surface area contributed by atoms with Crippen LogP contribution in [0, 0.1) is 13.8 Å². The maximum Gasteiger partial charge on any atom is 0.0470 e. The van der Waals surface area contributed by atoms with Gasteiger partial charge in [0.2, 0.25) is 0 Å². The molecule has 0 aliphatic carbocycles. The molecule has 20 heavy (non-hydrogen) atoms. The van der Waals surface area contributed by atoms with Crippen LogP contribution < -0.4 is 0 Å². The van der Waals surface area contributed by atoms with Gasteiger partial charge in [0, 0.05) is 24.5 Å². The van der Waals surface area contributed by atoms with Crippen molar-refractivity contribution in [2.45, 2.75) is 20.4 Å². The fourth-order valence-corrected chi connectivity index (χ4v) is 2.54. The summed E-state index contributed by atoms with van der Waals surface area (Å²) in [4.78, 5) is 0. The third kappa shape index (κ3) is 2.67. The number of benzene rings is 2. The van der Waals surface area contributed by atoms with E-state index in [-0.39, 0.29) is 0 Å². The zero-order valence-electron chi connectivity index (χ0n) is 12.0. The molecule has 0 aliphatic rings. The average molecular weight is 261 g/mol. The molecule has 2 aromatic carbocycles. The smallest absolute Gasteiger partial charge is 0.0470 e. The fraction of sp³-hybridized carbons (Fsp3) is 0.158. The highest BCUT2D eigenvalue weighted by atomic mass is 14.9. The van der Waals surface area contributed by atoms with Gasteiger partial charge in [0.25, 0.3) is 0 Å². The van der Waals surface area contributed by atoms with Gasteiger partial charge in [-0.15, -0.1) is 0 Å². The normalized spacial score (nSPS) is 10.7. The van der Waals surface area contributed by atoms with Crippen molar-refractivity contribution >= 4 is 0 Å². The van der Waals surface area contributed by atoms with Crippen molar-refractivity contribution < 1.29 is 0 Å². The third-order valence-corrected chi connectivity index (χ3v) is 3.65. The molecule has 0 atom stereocenters. The largest absolute Gasteiger partial charge is 0.349 e. The molecule has 0 saturated heterocycles. The molecule has 0 unspecified atom stereocenters. The van der Waals surface area contributed by atoms with Crippen LogP contribution in [0.3, 0.4) is 0 Å². The predicted molar refractivity (Wildman–Crippen MR) is 84.9 cm³/mol. The number of aryl methyl sites for hydroxylation is 2. The Kier molecular flexibility index (Phi) is 3.42. The predicted octanol–water partition coefficient (Wildman–Crippen LogP) is 4.82. The molecule has 3 aromatic rings. The van der Waals surface area contributed by atoms with Crippen molar-refractivity contribution in [2.75, 3.05) is 0 Å². The minimum Gasteiger partial charge on any atom is -0.349 e. The monoisotopic (exact) mass is 261 g/mol. The lowest BCUT2D eigenvalue weighted by atomic mass is 10.0. The molecule has 1 nitrogen and oxygen atoms in total. The van der Waals surface area contributed by atoms with Gasteiger partial charge in [-0.2, -0.15) is 0 Å². The minimum atomic E-state index is 0.924. The van der Waals surface area contributed by atoms with Gasteiger partial charge in [0.1, 0.15) is 0 Å². The van der Waals surface area contributed by atoms with Crippen molar-refractivity contribution in [3.8, 4) is 11.1 Å². The Morgan fingerprint density at radius 3 is 2.20 bits per heavy atom. The number of hydrogen-bond donors (Lipinski definition) is 0. The van der Waals surface area contributed by atoms with Crippen molar-refractivity contribution in [3.63, 3.8) is 0 Å². The first-order valence-corrected chi connectivity index (χ1v) is 7.00. The number of nitrogens with zero attached hydrogens (tertiary/aromatic N) is 1. The summed E-state index contributed by atoms with van der Waals surface area (Å²) in [6.07, 6.45) is 4.47. The zero-order chi connectivity index (χ0) is 13.9. The lowest BCUT2D eigenvalue weighted by molar-refractivity contribution is 0.805. The van der Waals surface area contributed by atoms with E-state index in [4.69, 9.17) is 0 Å². The number of rotatable bonds is 3. The molecule has 0 amide bonds. The maximum atomic E-state index is 2.26. The van der Waals surface area contributed by atoms with Crippen LogP contribution in [-0.2, 0) is 6.54 Å². The van der Waals surface area contributed by atoms with E-state index in [9.17, 15) is 0 Å². The molecule has 100 valence electrons. The molecule has 0 N–H and O–H groups in total. The molecule has 1 aromatic heterocycles. The van der Waals surface area contributed by atoms with Crippen LogP contribution in [0.15, 0.2) is 67.0 Å². The fourth-order valence-electron chi connectivity index (χ4n) is 2.54. The molecule has 3 rings (SSSR count). The van der Waals surface area contributed by atoms with Gasteiger partial charge in [-0.05, 0) is 30.5 Å². The van der Waals surface area contributed by atoms with Crippen LogP contribution in [0.1, 0.15) is 16.7 Å². The highest BCUT2D eigenvalue weighted by Gasteiger charge is 2.05. The second-order valence-corrected chi connectivity index (χ2v) is 5.38. The zero-order valence-corrected chi connectivity index (χ0v) is 12.0. The van der Waals surface area contributed by atoms with Crippen LogP contribution in [-0.4, -0.2) is 4.57 Å². The SMILES string of the molecule is Cc1ccc(-c2cn(Cc3ccccc3)cc2C)cc1. The van der Waals surface area contributed by atoms with E-state index < -0.39 is 0 Å². The van der Waals surface area contributed by atoms with Crippen LogP contribution in [0.25, 0.3) is 11.1 Å². The van der Waals surface area contributed by atoms with Crippen molar-refractivity contribution in [1.82, 2.24) is 4.57 Å². The number of hydrogen-bond acceptors (Lipinski definition) is 0. The Hall–Kier alpha value is -2.28.